The predicted molar refractivity (Wildman–Crippen MR) is 115 cm³/mol. The van der Waals surface area contributed by atoms with Crippen molar-refractivity contribution in [3.63, 3.8) is 0 Å². The van der Waals surface area contributed by atoms with Crippen LogP contribution in [-0.4, -0.2) is 62.8 Å². The van der Waals surface area contributed by atoms with E-state index in [1.165, 1.54) is 11.4 Å². The van der Waals surface area contributed by atoms with Gasteiger partial charge in [-0.05, 0) is 43.4 Å². The average Bonchev–Trinajstić information content (AvgIpc) is 2.75. The standard InChI is InChI=1S/C20H26Cl2N2O5S/c1-29-20(26)16-4-8-23(9-5-16)19(25)15-6-10-24(11-7-15)30(27,28)13-14-2-3-17(21)18(22)12-14/h2-3,12,15-16H,4-11,13H2,1H3. The Hall–Kier alpha value is -1.35. The van der Waals surface area contributed by atoms with E-state index >= 15 is 0 Å². The second kappa shape index (κ2) is 9.85. The summed E-state index contributed by atoms with van der Waals surface area (Å²) in [5.74, 6) is -0.644. The van der Waals surface area contributed by atoms with Gasteiger partial charge in [-0.1, -0.05) is 29.3 Å². The van der Waals surface area contributed by atoms with Gasteiger partial charge in [0.25, 0.3) is 0 Å². The number of carbonyl (C=O) groups is 2. The Bertz CT molecular complexity index is 892. The van der Waals surface area contributed by atoms with Crippen molar-refractivity contribution in [3.8, 4) is 0 Å². The largest absolute Gasteiger partial charge is 0.469 e. The number of methoxy groups -OCH3 is 1. The number of ether oxygens (including phenoxy) is 1. The minimum atomic E-state index is -3.50. The lowest BCUT2D eigenvalue weighted by atomic mass is 9.92. The van der Waals surface area contributed by atoms with Crippen molar-refractivity contribution in [2.24, 2.45) is 11.8 Å². The summed E-state index contributed by atoms with van der Waals surface area (Å²) in [6.07, 6.45) is 2.21. The van der Waals surface area contributed by atoms with Crippen LogP contribution in [0.5, 0.6) is 0 Å². The fourth-order valence-electron chi connectivity index (χ4n) is 4.07. The molecule has 0 aliphatic carbocycles. The minimum absolute atomic E-state index is 0.0554. The van der Waals surface area contributed by atoms with Crippen molar-refractivity contribution < 1.29 is 22.7 Å². The van der Waals surface area contributed by atoms with Gasteiger partial charge in [0.05, 0.1) is 28.8 Å². The van der Waals surface area contributed by atoms with Crippen molar-refractivity contribution in [3.05, 3.63) is 33.8 Å². The number of halogens is 2. The molecule has 1 aromatic carbocycles. The highest BCUT2D eigenvalue weighted by Gasteiger charge is 2.35. The zero-order valence-electron chi connectivity index (χ0n) is 16.9. The number of sulfonamides is 1. The zero-order chi connectivity index (χ0) is 21.9. The number of rotatable bonds is 5. The average molecular weight is 477 g/mol. The molecule has 7 nitrogen and oxygen atoms in total. The van der Waals surface area contributed by atoms with Gasteiger partial charge in [0, 0.05) is 32.1 Å². The molecule has 2 saturated heterocycles. The number of piperidine rings is 2. The molecule has 0 bridgehead atoms. The number of likely N-dealkylation sites (tertiary alicyclic amines) is 1. The summed E-state index contributed by atoms with van der Waals surface area (Å²) >= 11 is 11.9. The van der Waals surface area contributed by atoms with Crippen LogP contribution in [-0.2, 0) is 30.1 Å². The van der Waals surface area contributed by atoms with E-state index in [1.807, 2.05) is 0 Å². The molecular weight excluding hydrogens is 451 g/mol. The molecule has 10 heteroatoms. The quantitative estimate of drug-likeness (QED) is 0.609. The van der Waals surface area contributed by atoms with E-state index in [0.717, 1.165) is 0 Å². The van der Waals surface area contributed by atoms with Crippen LogP contribution in [0.1, 0.15) is 31.2 Å². The van der Waals surface area contributed by atoms with Gasteiger partial charge in [-0.15, -0.1) is 0 Å². The summed E-state index contributed by atoms with van der Waals surface area (Å²) in [7, 11) is -2.13. The number of esters is 1. The van der Waals surface area contributed by atoms with Gasteiger partial charge in [-0.25, -0.2) is 12.7 Å². The molecule has 2 aliphatic rings. The van der Waals surface area contributed by atoms with Crippen molar-refractivity contribution in [1.82, 2.24) is 9.21 Å². The maximum absolute atomic E-state index is 12.8. The summed E-state index contributed by atoms with van der Waals surface area (Å²) < 4.78 is 31.8. The molecule has 0 aromatic heterocycles. The molecule has 2 heterocycles. The van der Waals surface area contributed by atoms with E-state index in [4.69, 9.17) is 27.9 Å². The molecule has 0 saturated carbocycles. The molecule has 0 N–H and O–H groups in total. The van der Waals surface area contributed by atoms with Gasteiger partial charge in [-0.3, -0.25) is 9.59 Å². The van der Waals surface area contributed by atoms with E-state index < -0.39 is 10.0 Å². The molecule has 2 fully saturated rings. The first-order valence-corrected chi connectivity index (χ1v) is 12.4. The lowest BCUT2D eigenvalue weighted by Crippen LogP contribution is -2.47. The summed E-state index contributed by atoms with van der Waals surface area (Å²) in [5, 5.41) is 0.706. The number of hydrogen-bond acceptors (Lipinski definition) is 5. The third-order valence-electron chi connectivity index (χ3n) is 5.87. The first kappa shape index (κ1) is 23.3. The topological polar surface area (TPSA) is 84.0 Å². The van der Waals surface area contributed by atoms with Gasteiger partial charge in [0.1, 0.15) is 0 Å². The van der Waals surface area contributed by atoms with Crippen LogP contribution in [0.2, 0.25) is 10.0 Å². The fourth-order valence-corrected chi connectivity index (χ4v) is 5.94. The fraction of sp³-hybridized carbons (Fsp3) is 0.600. The number of benzene rings is 1. The molecule has 0 unspecified atom stereocenters. The first-order chi connectivity index (χ1) is 14.2. The van der Waals surface area contributed by atoms with Gasteiger partial charge >= 0.3 is 5.97 Å². The Morgan fingerprint density at radius 2 is 1.60 bits per heavy atom. The molecule has 1 aromatic rings. The molecule has 2 aliphatic heterocycles. The number of nitrogens with zero attached hydrogens (tertiary/aromatic N) is 2. The Labute approximate surface area is 187 Å². The minimum Gasteiger partial charge on any atom is -0.469 e. The summed E-state index contributed by atoms with van der Waals surface area (Å²) in [6.45, 7) is 1.71. The summed E-state index contributed by atoms with van der Waals surface area (Å²) in [5.41, 5.74) is 0.580. The number of carbonyl (C=O) groups excluding carboxylic acids is 2. The molecule has 0 spiro atoms. The predicted octanol–water partition coefficient (Wildman–Crippen LogP) is 2.95. The molecule has 1 amide bonds. The summed E-state index contributed by atoms with van der Waals surface area (Å²) in [4.78, 5) is 26.3. The van der Waals surface area contributed by atoms with E-state index in [9.17, 15) is 18.0 Å². The molecule has 3 rings (SSSR count). The monoisotopic (exact) mass is 476 g/mol. The second-order valence-electron chi connectivity index (χ2n) is 7.80. The highest BCUT2D eigenvalue weighted by atomic mass is 35.5. The summed E-state index contributed by atoms with van der Waals surface area (Å²) in [6, 6.07) is 4.80. The third kappa shape index (κ3) is 5.46. The molecule has 166 valence electrons. The molecule has 0 radical (unpaired) electrons. The normalized spacial score (nSPS) is 19.6. The smallest absolute Gasteiger partial charge is 0.308 e. The van der Waals surface area contributed by atoms with Gasteiger partial charge < -0.3 is 9.64 Å². The van der Waals surface area contributed by atoms with Crippen LogP contribution in [0.3, 0.4) is 0 Å². The molecular formula is C20H26Cl2N2O5S. The maximum atomic E-state index is 12.8. The van der Waals surface area contributed by atoms with Gasteiger partial charge in [0.2, 0.25) is 15.9 Å². The van der Waals surface area contributed by atoms with Gasteiger partial charge in [-0.2, -0.15) is 0 Å². The van der Waals surface area contributed by atoms with Crippen molar-refractivity contribution in [1.29, 1.82) is 0 Å². The highest BCUT2D eigenvalue weighted by molar-refractivity contribution is 7.88. The van der Waals surface area contributed by atoms with E-state index in [0.29, 0.717) is 67.5 Å². The van der Waals surface area contributed by atoms with E-state index in [-0.39, 0.29) is 29.5 Å². The Balaban J connectivity index is 1.52. The zero-order valence-corrected chi connectivity index (χ0v) is 19.2. The first-order valence-electron chi connectivity index (χ1n) is 9.99. The third-order valence-corrected chi connectivity index (χ3v) is 8.46. The Kier molecular flexibility index (Phi) is 7.66. The number of hydrogen-bond donors (Lipinski definition) is 0. The van der Waals surface area contributed by atoms with Gasteiger partial charge in [0.15, 0.2) is 0 Å². The van der Waals surface area contributed by atoms with Crippen LogP contribution in [0.25, 0.3) is 0 Å². The molecule has 30 heavy (non-hydrogen) atoms. The highest BCUT2D eigenvalue weighted by Crippen LogP contribution is 2.28. The van der Waals surface area contributed by atoms with Crippen LogP contribution in [0, 0.1) is 11.8 Å². The van der Waals surface area contributed by atoms with E-state index in [2.05, 4.69) is 0 Å². The van der Waals surface area contributed by atoms with Crippen LogP contribution < -0.4 is 0 Å². The van der Waals surface area contributed by atoms with Crippen LogP contribution >= 0.6 is 23.2 Å². The molecule has 0 atom stereocenters. The van der Waals surface area contributed by atoms with Crippen LogP contribution in [0.4, 0.5) is 0 Å². The van der Waals surface area contributed by atoms with E-state index in [1.54, 1.807) is 23.1 Å². The number of amides is 1. The lowest BCUT2D eigenvalue weighted by molar-refractivity contribution is -0.149. The van der Waals surface area contributed by atoms with Crippen LogP contribution in [0.15, 0.2) is 18.2 Å². The van der Waals surface area contributed by atoms with Crippen molar-refractivity contribution in [2.45, 2.75) is 31.4 Å². The van der Waals surface area contributed by atoms with Crippen molar-refractivity contribution in [2.75, 3.05) is 33.3 Å². The maximum Gasteiger partial charge on any atom is 0.308 e. The Morgan fingerprint density at radius 1 is 1.00 bits per heavy atom. The lowest BCUT2D eigenvalue weighted by Gasteiger charge is -2.36. The SMILES string of the molecule is COC(=O)C1CCN(C(=O)C2CCN(S(=O)(=O)Cc3ccc(Cl)c(Cl)c3)CC2)CC1. The Morgan fingerprint density at radius 3 is 2.17 bits per heavy atom. The van der Waals surface area contributed by atoms with Crippen molar-refractivity contribution >= 4 is 45.1 Å². The second-order valence-corrected chi connectivity index (χ2v) is 10.6.